The monoisotopic (exact) mass is 397 g/mol. The number of alkyl carbamates (subject to hydrolysis) is 1. The lowest BCUT2D eigenvalue weighted by Crippen LogP contribution is -2.38. The molecule has 152 valence electrons. The fourth-order valence-corrected chi connectivity index (χ4v) is 3.58. The summed E-state index contributed by atoms with van der Waals surface area (Å²) >= 11 is 0. The first-order chi connectivity index (χ1) is 14.1. The molecule has 4 atom stereocenters. The average Bonchev–Trinajstić information content (AvgIpc) is 3.31. The van der Waals surface area contributed by atoms with Gasteiger partial charge in [0.15, 0.2) is 12.2 Å². The smallest absolute Gasteiger partial charge is 0.407 e. The van der Waals surface area contributed by atoms with Crippen LogP contribution in [-0.4, -0.2) is 49.7 Å². The maximum Gasteiger partial charge on any atom is 0.407 e. The van der Waals surface area contributed by atoms with Crippen molar-refractivity contribution in [2.75, 3.05) is 13.2 Å². The first kappa shape index (κ1) is 19.4. The zero-order valence-electron chi connectivity index (χ0n) is 16.1. The lowest BCUT2D eigenvalue weighted by atomic mass is 10.1. The van der Waals surface area contributed by atoms with Crippen LogP contribution in [0.5, 0.6) is 0 Å². The third-order valence-corrected chi connectivity index (χ3v) is 5.12. The third-order valence-electron chi connectivity index (χ3n) is 5.12. The van der Waals surface area contributed by atoms with Crippen LogP contribution >= 0.6 is 0 Å². The van der Waals surface area contributed by atoms with E-state index in [1.54, 1.807) is 12.1 Å². The van der Waals surface area contributed by atoms with Gasteiger partial charge in [0, 0.05) is 6.54 Å². The summed E-state index contributed by atoms with van der Waals surface area (Å²) in [4.78, 5) is 24.6. The van der Waals surface area contributed by atoms with Crippen LogP contribution < -0.4 is 5.32 Å². The summed E-state index contributed by atoms with van der Waals surface area (Å²) < 4.78 is 22.5. The van der Waals surface area contributed by atoms with Gasteiger partial charge in [-0.05, 0) is 24.1 Å². The van der Waals surface area contributed by atoms with Gasteiger partial charge in [0.1, 0.15) is 12.2 Å². The second-order valence-corrected chi connectivity index (χ2v) is 7.14. The molecule has 1 amide bonds. The van der Waals surface area contributed by atoms with Crippen LogP contribution in [0.3, 0.4) is 0 Å². The lowest BCUT2D eigenvalue weighted by Gasteiger charge is -2.18. The summed E-state index contributed by atoms with van der Waals surface area (Å²) in [5, 5.41) is 2.72. The fourth-order valence-electron chi connectivity index (χ4n) is 3.58. The Balaban J connectivity index is 1.29. The number of carbonyl (C=O) groups is 2. The largest absolute Gasteiger partial charge is 0.453 e. The molecule has 2 fully saturated rings. The van der Waals surface area contributed by atoms with Crippen molar-refractivity contribution in [1.29, 1.82) is 0 Å². The molecule has 4 rings (SSSR count). The highest BCUT2D eigenvalue weighted by molar-refractivity contribution is 5.91. The molecule has 1 N–H and O–H groups in total. The minimum Gasteiger partial charge on any atom is -0.453 e. The van der Waals surface area contributed by atoms with Gasteiger partial charge in [0.05, 0.1) is 18.8 Å². The Bertz CT molecular complexity index is 871. The summed E-state index contributed by atoms with van der Waals surface area (Å²) in [6, 6.07) is 16.8. The number of rotatable bonds is 5. The van der Waals surface area contributed by atoms with E-state index in [0.29, 0.717) is 12.1 Å². The highest BCUT2D eigenvalue weighted by Gasteiger charge is 2.51. The number of nitrogens with one attached hydrogen (secondary N) is 1. The van der Waals surface area contributed by atoms with Crippen LogP contribution in [0.15, 0.2) is 54.6 Å². The first-order valence-electron chi connectivity index (χ1n) is 9.60. The lowest BCUT2D eigenvalue weighted by molar-refractivity contribution is -0.0232. The van der Waals surface area contributed by atoms with E-state index in [1.165, 1.54) is 0 Å². The predicted molar refractivity (Wildman–Crippen MR) is 103 cm³/mol. The zero-order chi connectivity index (χ0) is 20.2. The number of carbonyl (C=O) groups excluding carboxylic acids is 2. The Hall–Kier alpha value is -2.90. The highest BCUT2D eigenvalue weighted by atomic mass is 16.7. The standard InChI is InChI=1S/C22H23NO6/c1-14-7-5-6-10-16(14)21(24)28-17-12-26-20-18(13-27-19(17)20)29-22(25)23-11-15-8-3-2-4-9-15/h2-10,17-20H,11-13H2,1H3,(H,23,25)/t17-,18+,19-,20-/m1/s1. The minimum atomic E-state index is -0.544. The molecule has 2 aromatic rings. The summed E-state index contributed by atoms with van der Waals surface area (Å²) in [6.45, 7) is 2.64. The Morgan fingerprint density at radius 3 is 2.24 bits per heavy atom. The van der Waals surface area contributed by atoms with Crippen molar-refractivity contribution in [3.05, 3.63) is 71.3 Å². The average molecular weight is 397 g/mol. The molecule has 0 unspecified atom stereocenters. The molecular formula is C22H23NO6. The van der Waals surface area contributed by atoms with Crippen molar-refractivity contribution in [3.8, 4) is 0 Å². The molecule has 0 saturated carbocycles. The Labute approximate surface area is 168 Å². The van der Waals surface area contributed by atoms with Gasteiger partial charge in [-0.3, -0.25) is 0 Å². The third kappa shape index (κ3) is 4.41. The highest BCUT2D eigenvalue weighted by Crippen LogP contribution is 2.31. The van der Waals surface area contributed by atoms with Gasteiger partial charge in [0.25, 0.3) is 0 Å². The topological polar surface area (TPSA) is 83.1 Å². The zero-order valence-corrected chi connectivity index (χ0v) is 16.1. The van der Waals surface area contributed by atoms with Gasteiger partial charge in [-0.2, -0.15) is 0 Å². The number of hydrogen-bond acceptors (Lipinski definition) is 6. The van der Waals surface area contributed by atoms with Crippen LogP contribution in [0.1, 0.15) is 21.5 Å². The number of hydrogen-bond donors (Lipinski definition) is 1. The van der Waals surface area contributed by atoms with Crippen molar-refractivity contribution >= 4 is 12.1 Å². The van der Waals surface area contributed by atoms with Crippen LogP contribution in [0.25, 0.3) is 0 Å². The summed E-state index contributed by atoms with van der Waals surface area (Å²) in [5.41, 5.74) is 2.34. The molecule has 29 heavy (non-hydrogen) atoms. The maximum atomic E-state index is 12.5. The van der Waals surface area contributed by atoms with Gasteiger partial charge < -0.3 is 24.3 Å². The van der Waals surface area contributed by atoms with Crippen LogP contribution in [0, 0.1) is 6.92 Å². The molecule has 0 aromatic heterocycles. The number of fused-ring (bicyclic) bond motifs is 1. The van der Waals surface area contributed by atoms with Crippen LogP contribution in [-0.2, 0) is 25.5 Å². The fraction of sp³-hybridized carbons (Fsp3) is 0.364. The molecule has 7 heteroatoms. The first-order valence-corrected chi connectivity index (χ1v) is 9.60. The number of amides is 1. The van der Waals surface area contributed by atoms with Crippen molar-refractivity contribution in [3.63, 3.8) is 0 Å². The second-order valence-electron chi connectivity index (χ2n) is 7.14. The minimum absolute atomic E-state index is 0.201. The Kier molecular flexibility index (Phi) is 5.78. The van der Waals surface area contributed by atoms with Crippen molar-refractivity contribution in [2.24, 2.45) is 0 Å². The molecule has 2 saturated heterocycles. The number of aryl methyl sites for hydroxylation is 1. The van der Waals surface area contributed by atoms with E-state index in [2.05, 4.69) is 5.32 Å². The summed E-state index contributed by atoms with van der Waals surface area (Å²) in [7, 11) is 0. The summed E-state index contributed by atoms with van der Waals surface area (Å²) in [5.74, 6) is -0.411. The second kappa shape index (κ2) is 8.63. The number of benzene rings is 2. The van der Waals surface area contributed by atoms with E-state index >= 15 is 0 Å². The van der Waals surface area contributed by atoms with Gasteiger partial charge in [-0.15, -0.1) is 0 Å². The van der Waals surface area contributed by atoms with Gasteiger partial charge in [-0.25, -0.2) is 9.59 Å². The molecule has 2 aromatic carbocycles. The van der Waals surface area contributed by atoms with Gasteiger partial charge in [0.2, 0.25) is 0 Å². The SMILES string of the molecule is Cc1ccccc1C(=O)O[C@@H]1CO[C@H]2[C@@H]1OC[C@@H]2OC(=O)NCc1ccccc1. The van der Waals surface area contributed by atoms with E-state index in [9.17, 15) is 9.59 Å². The summed E-state index contributed by atoms with van der Waals surface area (Å²) in [6.07, 6.45) is -2.51. The Morgan fingerprint density at radius 1 is 0.931 bits per heavy atom. The van der Waals surface area contributed by atoms with Crippen molar-refractivity contribution < 1.29 is 28.5 Å². The van der Waals surface area contributed by atoms with E-state index in [0.717, 1.165) is 11.1 Å². The predicted octanol–water partition coefficient (Wildman–Crippen LogP) is 2.61. The molecular weight excluding hydrogens is 374 g/mol. The van der Waals surface area contributed by atoms with Crippen LogP contribution in [0.4, 0.5) is 4.79 Å². The molecule has 2 aliphatic heterocycles. The molecule has 0 aliphatic carbocycles. The molecule has 2 aliphatic rings. The molecule has 0 bridgehead atoms. The molecule has 0 spiro atoms. The Morgan fingerprint density at radius 2 is 1.55 bits per heavy atom. The van der Waals surface area contributed by atoms with Crippen LogP contribution in [0.2, 0.25) is 0 Å². The number of ether oxygens (including phenoxy) is 4. The maximum absolute atomic E-state index is 12.5. The van der Waals surface area contributed by atoms with Gasteiger partial charge in [-0.1, -0.05) is 48.5 Å². The molecule has 7 nitrogen and oxygen atoms in total. The quantitative estimate of drug-likeness (QED) is 0.781. The van der Waals surface area contributed by atoms with Gasteiger partial charge >= 0.3 is 12.1 Å². The molecule has 0 radical (unpaired) electrons. The van der Waals surface area contributed by atoms with E-state index in [-0.39, 0.29) is 13.2 Å². The van der Waals surface area contributed by atoms with E-state index < -0.39 is 36.5 Å². The normalized spacial score (nSPS) is 25.3. The van der Waals surface area contributed by atoms with Crippen molar-refractivity contribution in [2.45, 2.75) is 37.9 Å². The van der Waals surface area contributed by atoms with E-state index in [1.807, 2.05) is 49.4 Å². The van der Waals surface area contributed by atoms with Crippen molar-refractivity contribution in [1.82, 2.24) is 5.32 Å². The number of esters is 1. The molecule has 2 heterocycles. The van der Waals surface area contributed by atoms with E-state index in [4.69, 9.17) is 18.9 Å².